The Kier molecular flexibility index (Phi) is 6.70. The Bertz CT molecular complexity index is 912. The zero-order chi connectivity index (χ0) is 21.6. The van der Waals surface area contributed by atoms with Crippen molar-refractivity contribution >= 4 is 17.3 Å². The van der Waals surface area contributed by atoms with Gasteiger partial charge in [0, 0.05) is 44.2 Å². The lowest BCUT2D eigenvalue weighted by Gasteiger charge is -2.35. The molecule has 0 saturated carbocycles. The van der Waals surface area contributed by atoms with Crippen LogP contribution in [0.25, 0.3) is 0 Å². The molecule has 0 spiro atoms. The molecule has 0 aliphatic carbocycles. The molecule has 1 amide bonds. The minimum absolute atomic E-state index is 0.0370. The highest BCUT2D eigenvalue weighted by molar-refractivity contribution is 6.00. The van der Waals surface area contributed by atoms with Crippen LogP contribution in [0.4, 0.5) is 11.4 Å². The van der Waals surface area contributed by atoms with Crippen molar-refractivity contribution < 1.29 is 14.5 Å². The van der Waals surface area contributed by atoms with Crippen molar-refractivity contribution in [3.8, 4) is 5.75 Å². The number of likely N-dealkylation sites (tertiary alicyclic amines) is 1. The smallest absolute Gasteiger partial charge is 0.270 e. The van der Waals surface area contributed by atoms with E-state index in [9.17, 15) is 14.9 Å². The Morgan fingerprint density at radius 3 is 2.55 bits per heavy atom. The van der Waals surface area contributed by atoms with E-state index in [0.717, 1.165) is 50.2 Å². The molecular formula is C24H29N3O4. The van der Waals surface area contributed by atoms with E-state index in [1.54, 1.807) is 6.07 Å². The highest BCUT2D eigenvalue weighted by Crippen LogP contribution is 2.30. The number of carbonyl (C=O) groups is 1. The Labute approximate surface area is 182 Å². The first-order valence-corrected chi connectivity index (χ1v) is 11.1. The number of anilines is 1. The maximum atomic E-state index is 13.5. The average Bonchev–Trinajstić information content (AvgIpc) is 2.83. The van der Waals surface area contributed by atoms with Crippen LogP contribution in [0.15, 0.2) is 48.5 Å². The molecule has 2 aromatic rings. The third-order valence-electron chi connectivity index (χ3n) is 6.15. The molecule has 2 fully saturated rings. The molecule has 0 radical (unpaired) electrons. The summed E-state index contributed by atoms with van der Waals surface area (Å²) in [6.07, 6.45) is 5.25. The molecule has 7 heteroatoms. The molecule has 1 atom stereocenters. The van der Waals surface area contributed by atoms with Gasteiger partial charge in [-0.3, -0.25) is 14.9 Å². The maximum absolute atomic E-state index is 13.5. The summed E-state index contributed by atoms with van der Waals surface area (Å²) in [6.45, 7) is 3.59. The van der Waals surface area contributed by atoms with E-state index in [-0.39, 0.29) is 17.5 Å². The van der Waals surface area contributed by atoms with Crippen LogP contribution < -0.4 is 9.64 Å². The molecule has 1 unspecified atom stereocenters. The van der Waals surface area contributed by atoms with Crippen LogP contribution in [0.5, 0.6) is 5.75 Å². The van der Waals surface area contributed by atoms with E-state index in [1.807, 2.05) is 35.2 Å². The predicted octanol–water partition coefficient (Wildman–Crippen LogP) is 4.52. The largest absolute Gasteiger partial charge is 0.493 e. The second-order valence-electron chi connectivity index (χ2n) is 8.39. The normalized spacial score (nSPS) is 19.2. The predicted molar refractivity (Wildman–Crippen MR) is 120 cm³/mol. The first-order chi connectivity index (χ1) is 15.1. The van der Waals surface area contributed by atoms with Gasteiger partial charge in [0.05, 0.1) is 22.8 Å². The van der Waals surface area contributed by atoms with Gasteiger partial charge < -0.3 is 14.5 Å². The number of rotatable bonds is 6. The Morgan fingerprint density at radius 1 is 1.03 bits per heavy atom. The van der Waals surface area contributed by atoms with Gasteiger partial charge in [-0.2, -0.15) is 0 Å². The van der Waals surface area contributed by atoms with E-state index in [2.05, 4.69) is 4.90 Å². The van der Waals surface area contributed by atoms with Crippen LogP contribution in [0.3, 0.4) is 0 Å². The van der Waals surface area contributed by atoms with E-state index < -0.39 is 4.92 Å². The van der Waals surface area contributed by atoms with Gasteiger partial charge >= 0.3 is 0 Å². The molecule has 2 aromatic carbocycles. The number of hydrogen-bond acceptors (Lipinski definition) is 5. The lowest BCUT2D eigenvalue weighted by Crippen LogP contribution is -2.42. The summed E-state index contributed by atoms with van der Waals surface area (Å²) in [4.78, 5) is 28.5. The maximum Gasteiger partial charge on any atom is 0.270 e. The molecule has 31 heavy (non-hydrogen) atoms. The van der Waals surface area contributed by atoms with Crippen molar-refractivity contribution in [1.29, 1.82) is 0 Å². The number of carbonyl (C=O) groups excluding carboxylic acids is 1. The van der Waals surface area contributed by atoms with Crippen molar-refractivity contribution in [3.63, 3.8) is 0 Å². The number of nitro benzene ring substituents is 1. The van der Waals surface area contributed by atoms with Crippen LogP contribution in [0.1, 0.15) is 42.5 Å². The van der Waals surface area contributed by atoms with E-state index in [0.29, 0.717) is 25.3 Å². The third kappa shape index (κ3) is 5.16. The standard InChI is InChI=1S/C24H29N3O4/c28-24(26-15-7-8-19(17-26)18-31-21-9-3-1-4-10-21)22-16-20(27(29)30)11-12-23(22)25-13-5-2-6-14-25/h1,3-4,9-12,16,19H,2,5-8,13-15,17-18H2. The molecule has 2 heterocycles. The Morgan fingerprint density at radius 2 is 1.81 bits per heavy atom. The summed E-state index contributed by atoms with van der Waals surface area (Å²) in [6, 6.07) is 14.4. The number of piperidine rings is 2. The number of para-hydroxylation sites is 1. The van der Waals surface area contributed by atoms with Crippen LogP contribution in [0.2, 0.25) is 0 Å². The molecule has 7 nitrogen and oxygen atoms in total. The molecule has 164 valence electrons. The quantitative estimate of drug-likeness (QED) is 0.504. The average molecular weight is 424 g/mol. The van der Waals surface area contributed by atoms with Crippen molar-refractivity contribution in [2.24, 2.45) is 5.92 Å². The summed E-state index contributed by atoms with van der Waals surface area (Å²) in [5.41, 5.74) is 1.23. The molecule has 2 saturated heterocycles. The molecule has 2 aliphatic rings. The highest BCUT2D eigenvalue weighted by Gasteiger charge is 2.29. The van der Waals surface area contributed by atoms with Crippen molar-refractivity contribution in [1.82, 2.24) is 4.90 Å². The third-order valence-corrected chi connectivity index (χ3v) is 6.15. The minimum atomic E-state index is -0.427. The van der Waals surface area contributed by atoms with Crippen LogP contribution in [0, 0.1) is 16.0 Å². The van der Waals surface area contributed by atoms with E-state index in [4.69, 9.17) is 4.74 Å². The molecule has 0 aromatic heterocycles. The summed E-state index contributed by atoms with van der Waals surface area (Å²) < 4.78 is 5.91. The number of amides is 1. The summed E-state index contributed by atoms with van der Waals surface area (Å²) >= 11 is 0. The summed E-state index contributed by atoms with van der Waals surface area (Å²) in [7, 11) is 0. The van der Waals surface area contributed by atoms with Crippen molar-refractivity contribution in [3.05, 3.63) is 64.2 Å². The van der Waals surface area contributed by atoms with Crippen molar-refractivity contribution in [2.75, 3.05) is 37.7 Å². The summed E-state index contributed by atoms with van der Waals surface area (Å²) in [5.74, 6) is 0.959. The van der Waals surface area contributed by atoms with Gasteiger partial charge in [0.15, 0.2) is 0 Å². The number of non-ortho nitro benzene ring substituents is 1. The lowest BCUT2D eigenvalue weighted by atomic mass is 9.97. The topological polar surface area (TPSA) is 75.9 Å². The Balaban J connectivity index is 1.50. The van der Waals surface area contributed by atoms with Gasteiger partial charge in [-0.1, -0.05) is 18.2 Å². The number of ether oxygens (including phenoxy) is 1. The van der Waals surface area contributed by atoms with Gasteiger partial charge in [-0.15, -0.1) is 0 Å². The zero-order valence-corrected chi connectivity index (χ0v) is 17.7. The van der Waals surface area contributed by atoms with E-state index >= 15 is 0 Å². The van der Waals surface area contributed by atoms with Gasteiger partial charge in [0.25, 0.3) is 11.6 Å². The van der Waals surface area contributed by atoms with Gasteiger partial charge in [0.1, 0.15) is 5.75 Å². The molecule has 0 bridgehead atoms. The molecule has 4 rings (SSSR count). The van der Waals surface area contributed by atoms with Crippen LogP contribution in [-0.2, 0) is 0 Å². The Hall–Kier alpha value is -3.09. The first-order valence-electron chi connectivity index (χ1n) is 11.1. The fourth-order valence-corrected chi connectivity index (χ4v) is 4.51. The van der Waals surface area contributed by atoms with Crippen molar-refractivity contribution in [2.45, 2.75) is 32.1 Å². The highest BCUT2D eigenvalue weighted by atomic mass is 16.6. The lowest BCUT2D eigenvalue weighted by molar-refractivity contribution is -0.384. The number of benzene rings is 2. The molecule has 0 N–H and O–H groups in total. The van der Waals surface area contributed by atoms with Crippen LogP contribution >= 0.6 is 0 Å². The minimum Gasteiger partial charge on any atom is -0.493 e. The number of nitro groups is 1. The van der Waals surface area contributed by atoms with Crippen LogP contribution in [-0.4, -0.2) is 48.5 Å². The second kappa shape index (κ2) is 9.81. The van der Waals surface area contributed by atoms with Gasteiger partial charge in [-0.05, 0) is 50.3 Å². The molecule has 2 aliphatic heterocycles. The number of nitrogens with zero attached hydrogens (tertiary/aromatic N) is 3. The fraction of sp³-hybridized carbons (Fsp3) is 0.458. The summed E-state index contributed by atoms with van der Waals surface area (Å²) in [5, 5.41) is 11.4. The number of hydrogen-bond donors (Lipinski definition) is 0. The second-order valence-corrected chi connectivity index (χ2v) is 8.39. The molecular weight excluding hydrogens is 394 g/mol. The first kappa shape index (κ1) is 21.2. The van der Waals surface area contributed by atoms with E-state index in [1.165, 1.54) is 18.6 Å². The SMILES string of the molecule is O=C(c1cc([N+](=O)[O-])ccc1N1CCCCC1)N1CCCC(COc2ccccc2)C1. The van der Waals surface area contributed by atoms with Gasteiger partial charge in [0.2, 0.25) is 0 Å². The zero-order valence-electron chi connectivity index (χ0n) is 17.7. The fourth-order valence-electron chi connectivity index (χ4n) is 4.51. The monoisotopic (exact) mass is 423 g/mol. The van der Waals surface area contributed by atoms with Gasteiger partial charge in [-0.25, -0.2) is 0 Å².